The van der Waals surface area contributed by atoms with Gasteiger partial charge in [0.05, 0.1) is 22.2 Å². The Kier molecular flexibility index (Phi) is 9.03. The molecule has 0 spiro atoms. The lowest BCUT2D eigenvalue weighted by Crippen LogP contribution is -2.25. The Morgan fingerprint density at radius 2 is 1.73 bits per heavy atom. The molecule has 0 N–H and O–H groups in total. The number of non-ortho nitro benzene ring substituents is 1. The van der Waals surface area contributed by atoms with Gasteiger partial charge in [0.25, 0.3) is 5.69 Å². The molecule has 30 heavy (non-hydrogen) atoms. The number of azo groups is 1. The number of nitro benzene ring substituents is 1. The maximum Gasteiger partial charge on any atom is 0.273 e. The van der Waals surface area contributed by atoms with Gasteiger partial charge in [-0.1, -0.05) is 38.8 Å². The number of benzene rings is 2. The fourth-order valence-corrected chi connectivity index (χ4v) is 2.94. The average Bonchev–Trinajstić information content (AvgIpc) is 2.75. The van der Waals surface area contributed by atoms with E-state index in [-0.39, 0.29) is 11.3 Å². The fraction of sp³-hybridized carbons (Fsp3) is 0.409. The SMILES string of the molecule is CCCCN(CCCC)Cc1ccc(N=Nc2c(F)cc([N+](=O)[O-])cc2C#N)cc1. The lowest BCUT2D eigenvalue weighted by molar-refractivity contribution is -0.385. The second-order valence-corrected chi connectivity index (χ2v) is 7.04. The summed E-state index contributed by atoms with van der Waals surface area (Å²) >= 11 is 0. The Hall–Kier alpha value is -3.18. The lowest BCUT2D eigenvalue weighted by Gasteiger charge is -2.22. The number of halogens is 1. The molecule has 0 unspecified atom stereocenters. The molecule has 0 saturated heterocycles. The van der Waals surface area contributed by atoms with Crippen molar-refractivity contribution < 1.29 is 9.31 Å². The molecule has 0 amide bonds. The predicted molar refractivity (Wildman–Crippen MR) is 113 cm³/mol. The molecule has 0 saturated carbocycles. The summed E-state index contributed by atoms with van der Waals surface area (Å²) in [4.78, 5) is 12.5. The average molecular weight is 411 g/mol. The van der Waals surface area contributed by atoms with Crippen molar-refractivity contribution >= 4 is 17.1 Å². The van der Waals surface area contributed by atoms with Crippen LogP contribution >= 0.6 is 0 Å². The number of rotatable bonds is 11. The monoisotopic (exact) mass is 411 g/mol. The number of nitro groups is 1. The van der Waals surface area contributed by atoms with Gasteiger partial charge in [-0.15, -0.1) is 5.11 Å². The standard InChI is InChI=1S/C22H26FN5O2/c1-3-5-11-27(12-6-4-2)16-17-7-9-19(10-8-17)25-26-22-18(15-24)13-20(28(29)30)14-21(22)23/h7-10,13-14H,3-6,11-12,16H2,1-2H3. The van der Waals surface area contributed by atoms with Crippen LogP contribution < -0.4 is 0 Å². The third-order valence-corrected chi connectivity index (χ3v) is 4.64. The maximum atomic E-state index is 14.2. The Balaban J connectivity index is 2.13. The van der Waals surface area contributed by atoms with E-state index in [0.29, 0.717) is 5.69 Å². The molecule has 0 fully saturated rings. The minimum Gasteiger partial charge on any atom is -0.299 e. The zero-order valence-corrected chi connectivity index (χ0v) is 17.3. The molecule has 0 aliphatic rings. The van der Waals surface area contributed by atoms with E-state index < -0.39 is 16.4 Å². The second kappa shape index (κ2) is 11.7. The van der Waals surface area contributed by atoms with E-state index >= 15 is 0 Å². The Bertz CT molecular complexity index is 914. The van der Waals surface area contributed by atoms with E-state index in [2.05, 4.69) is 29.0 Å². The van der Waals surface area contributed by atoms with Gasteiger partial charge in [-0.05, 0) is 43.6 Å². The topological polar surface area (TPSA) is 94.9 Å². The van der Waals surface area contributed by atoms with Gasteiger partial charge in [-0.3, -0.25) is 15.0 Å². The van der Waals surface area contributed by atoms with Crippen LogP contribution in [0.5, 0.6) is 0 Å². The Morgan fingerprint density at radius 3 is 2.27 bits per heavy atom. The first-order valence-corrected chi connectivity index (χ1v) is 10.1. The van der Waals surface area contributed by atoms with Crippen LogP contribution in [0.4, 0.5) is 21.5 Å². The molecule has 2 aromatic rings. The smallest absolute Gasteiger partial charge is 0.273 e. The molecule has 2 aromatic carbocycles. The maximum absolute atomic E-state index is 14.2. The van der Waals surface area contributed by atoms with Crippen LogP contribution in [0.15, 0.2) is 46.6 Å². The van der Waals surface area contributed by atoms with Gasteiger partial charge in [0.1, 0.15) is 11.8 Å². The molecule has 0 heterocycles. The van der Waals surface area contributed by atoms with Crippen molar-refractivity contribution in [3.8, 4) is 6.07 Å². The minimum atomic E-state index is -0.955. The van der Waals surface area contributed by atoms with Crippen molar-refractivity contribution in [3.05, 3.63) is 63.5 Å². The number of nitriles is 1. The highest BCUT2D eigenvalue weighted by molar-refractivity contribution is 5.59. The van der Waals surface area contributed by atoms with Crippen molar-refractivity contribution in [1.29, 1.82) is 5.26 Å². The number of hydrogen-bond donors (Lipinski definition) is 0. The largest absolute Gasteiger partial charge is 0.299 e. The van der Waals surface area contributed by atoms with Crippen LogP contribution in [0.3, 0.4) is 0 Å². The molecule has 8 heteroatoms. The van der Waals surface area contributed by atoms with E-state index in [1.165, 1.54) is 0 Å². The summed E-state index contributed by atoms with van der Waals surface area (Å²) in [6.45, 7) is 7.35. The van der Waals surface area contributed by atoms with Crippen molar-refractivity contribution in [2.75, 3.05) is 13.1 Å². The van der Waals surface area contributed by atoms with Crippen LogP contribution in [-0.2, 0) is 6.54 Å². The zero-order valence-electron chi connectivity index (χ0n) is 17.3. The molecule has 0 aromatic heterocycles. The van der Waals surface area contributed by atoms with Crippen molar-refractivity contribution in [3.63, 3.8) is 0 Å². The molecule has 0 radical (unpaired) electrons. The molecule has 7 nitrogen and oxygen atoms in total. The molecule has 0 aliphatic heterocycles. The van der Waals surface area contributed by atoms with Gasteiger partial charge in [0, 0.05) is 12.6 Å². The summed E-state index contributed by atoms with van der Waals surface area (Å²) < 4.78 is 14.2. The lowest BCUT2D eigenvalue weighted by atomic mass is 10.1. The van der Waals surface area contributed by atoms with Gasteiger partial charge in [0.2, 0.25) is 0 Å². The van der Waals surface area contributed by atoms with Crippen LogP contribution in [0, 0.1) is 27.3 Å². The highest BCUT2D eigenvalue weighted by atomic mass is 19.1. The fourth-order valence-electron chi connectivity index (χ4n) is 2.94. The third-order valence-electron chi connectivity index (χ3n) is 4.64. The summed E-state index contributed by atoms with van der Waals surface area (Å²) in [6.07, 6.45) is 4.65. The second-order valence-electron chi connectivity index (χ2n) is 7.04. The Morgan fingerprint density at radius 1 is 1.10 bits per heavy atom. The summed E-state index contributed by atoms with van der Waals surface area (Å²) in [6, 6.07) is 10.9. The van der Waals surface area contributed by atoms with Crippen molar-refractivity contribution in [2.24, 2.45) is 10.2 Å². The summed E-state index contributed by atoms with van der Waals surface area (Å²) in [5.74, 6) is -0.955. The summed E-state index contributed by atoms with van der Waals surface area (Å²) in [5, 5.41) is 27.8. The van der Waals surface area contributed by atoms with Crippen molar-refractivity contribution in [2.45, 2.75) is 46.1 Å². The first-order valence-electron chi connectivity index (χ1n) is 10.1. The van der Waals surface area contributed by atoms with Crippen molar-refractivity contribution in [1.82, 2.24) is 4.90 Å². The normalized spacial score (nSPS) is 11.2. The van der Waals surface area contributed by atoms with Crippen LogP contribution in [0.1, 0.15) is 50.7 Å². The molecule has 0 bridgehead atoms. The van der Waals surface area contributed by atoms with Gasteiger partial charge in [-0.25, -0.2) is 4.39 Å². The molecular formula is C22H26FN5O2. The first-order chi connectivity index (χ1) is 14.5. The minimum absolute atomic E-state index is 0.232. The van der Waals surface area contributed by atoms with Gasteiger partial charge in [0.15, 0.2) is 5.82 Å². The molecule has 0 atom stereocenters. The quantitative estimate of drug-likeness (QED) is 0.242. The van der Waals surface area contributed by atoms with E-state index in [4.69, 9.17) is 5.26 Å². The van der Waals surface area contributed by atoms with Crippen LogP contribution in [0.25, 0.3) is 0 Å². The molecule has 0 aliphatic carbocycles. The zero-order chi connectivity index (χ0) is 21.9. The Labute approximate surface area is 176 Å². The van der Waals surface area contributed by atoms with Gasteiger partial charge in [-0.2, -0.15) is 10.4 Å². The van der Waals surface area contributed by atoms with Crippen LogP contribution in [0.2, 0.25) is 0 Å². The van der Waals surface area contributed by atoms with Crippen LogP contribution in [-0.4, -0.2) is 22.9 Å². The third kappa shape index (κ3) is 6.71. The summed E-state index contributed by atoms with van der Waals surface area (Å²) in [5.41, 5.74) is 0.625. The van der Waals surface area contributed by atoms with E-state index in [1.807, 2.05) is 12.1 Å². The van der Waals surface area contributed by atoms with E-state index in [1.54, 1.807) is 18.2 Å². The highest BCUT2D eigenvalue weighted by Gasteiger charge is 2.16. The van der Waals surface area contributed by atoms with Gasteiger partial charge >= 0.3 is 0 Å². The number of nitrogens with zero attached hydrogens (tertiary/aromatic N) is 5. The van der Waals surface area contributed by atoms with Gasteiger partial charge < -0.3 is 0 Å². The molecular weight excluding hydrogens is 385 g/mol. The molecule has 158 valence electrons. The van der Waals surface area contributed by atoms with E-state index in [9.17, 15) is 14.5 Å². The summed E-state index contributed by atoms with van der Waals surface area (Å²) in [7, 11) is 0. The highest BCUT2D eigenvalue weighted by Crippen LogP contribution is 2.29. The number of unbranched alkanes of at least 4 members (excludes halogenated alkanes) is 2. The number of hydrogen-bond acceptors (Lipinski definition) is 6. The molecule has 2 rings (SSSR count). The van der Waals surface area contributed by atoms with E-state index in [0.717, 1.165) is 63.0 Å². The predicted octanol–water partition coefficient (Wildman–Crippen LogP) is 6.42. The first kappa shape index (κ1) is 23.1.